The molecule has 0 aliphatic rings. The smallest absolute Gasteiger partial charge is 0.243 e. The van der Waals surface area contributed by atoms with Gasteiger partial charge in [0.2, 0.25) is 10.0 Å². The second-order valence-corrected chi connectivity index (χ2v) is 6.38. The fraction of sp³-hybridized carbons (Fsp3) is 0.364. The Morgan fingerprint density at radius 3 is 2.41 bits per heavy atom. The molecule has 1 unspecified atom stereocenters. The van der Waals surface area contributed by atoms with Crippen molar-refractivity contribution < 1.29 is 8.42 Å². The quantitative estimate of drug-likeness (QED) is 0.822. The topological polar surface area (TPSA) is 63.4 Å². The lowest BCUT2D eigenvalue weighted by Gasteiger charge is -2.23. The van der Waals surface area contributed by atoms with Crippen molar-refractivity contribution in [2.45, 2.75) is 24.3 Å². The molecule has 0 spiro atoms. The molecule has 2 N–H and O–H groups in total. The maximum absolute atomic E-state index is 12.2. The minimum Gasteiger partial charge on any atom is -0.393 e. The van der Waals surface area contributed by atoms with E-state index in [-0.39, 0.29) is 10.9 Å². The Labute approximate surface area is 107 Å². The molecule has 0 saturated heterocycles. The molecule has 0 aromatic heterocycles. The van der Waals surface area contributed by atoms with E-state index < -0.39 is 10.0 Å². The van der Waals surface area contributed by atoms with E-state index in [1.165, 1.54) is 11.4 Å². The normalized spacial score (nSPS) is 13.6. The van der Waals surface area contributed by atoms with E-state index >= 15 is 0 Å². The molecule has 0 amide bonds. The highest BCUT2D eigenvalue weighted by Crippen LogP contribution is 2.17. The summed E-state index contributed by atoms with van der Waals surface area (Å²) in [6.07, 6.45) is 0.373. The highest BCUT2D eigenvalue weighted by molar-refractivity contribution is 7.89. The van der Waals surface area contributed by atoms with Gasteiger partial charge in [0, 0.05) is 19.5 Å². The lowest BCUT2D eigenvalue weighted by atomic mass is 10.2. The Balaban J connectivity index is 2.95. The fourth-order valence-corrected chi connectivity index (χ4v) is 3.04. The van der Waals surface area contributed by atoms with Gasteiger partial charge in [0.1, 0.15) is 0 Å². The Morgan fingerprint density at radius 1 is 1.41 bits per heavy atom. The number of thiocarbonyl (C=S) groups is 1. The highest BCUT2D eigenvalue weighted by Gasteiger charge is 2.25. The second kappa shape index (κ2) is 5.57. The molecular formula is C11H16N2O2S2. The van der Waals surface area contributed by atoms with Crippen LogP contribution in [0.3, 0.4) is 0 Å². The molecule has 94 valence electrons. The minimum atomic E-state index is -3.47. The van der Waals surface area contributed by atoms with Gasteiger partial charge in [-0.2, -0.15) is 4.31 Å². The van der Waals surface area contributed by atoms with Crippen molar-refractivity contribution in [2.75, 3.05) is 7.05 Å². The maximum Gasteiger partial charge on any atom is 0.243 e. The molecule has 0 bridgehead atoms. The van der Waals surface area contributed by atoms with E-state index in [0.717, 1.165) is 0 Å². The molecule has 1 aromatic carbocycles. The van der Waals surface area contributed by atoms with Crippen LogP contribution in [0.4, 0.5) is 0 Å². The monoisotopic (exact) mass is 272 g/mol. The molecule has 4 nitrogen and oxygen atoms in total. The van der Waals surface area contributed by atoms with Crippen LogP contribution in [-0.4, -0.2) is 30.8 Å². The summed E-state index contributed by atoms with van der Waals surface area (Å²) in [6, 6.07) is 8.05. The molecule has 0 fully saturated rings. The summed E-state index contributed by atoms with van der Waals surface area (Å²) in [7, 11) is -1.93. The summed E-state index contributed by atoms with van der Waals surface area (Å²) < 4.78 is 25.7. The van der Waals surface area contributed by atoms with E-state index in [0.29, 0.717) is 11.4 Å². The first-order valence-corrected chi connectivity index (χ1v) is 7.02. The van der Waals surface area contributed by atoms with Crippen LogP contribution in [0.5, 0.6) is 0 Å². The third-order valence-electron chi connectivity index (χ3n) is 2.54. The molecule has 0 heterocycles. The zero-order valence-corrected chi connectivity index (χ0v) is 11.5. The van der Waals surface area contributed by atoms with Gasteiger partial charge in [-0.15, -0.1) is 0 Å². The Bertz CT molecular complexity index is 485. The van der Waals surface area contributed by atoms with Gasteiger partial charge in [0.25, 0.3) is 0 Å². The van der Waals surface area contributed by atoms with Crippen LogP contribution >= 0.6 is 12.2 Å². The summed E-state index contributed by atoms with van der Waals surface area (Å²) in [6.45, 7) is 1.78. The number of rotatable bonds is 5. The predicted octanol–water partition coefficient (Wildman–Crippen LogP) is 1.37. The molecule has 0 aliphatic heterocycles. The lowest BCUT2D eigenvalue weighted by Crippen LogP contribution is -2.37. The first kappa shape index (κ1) is 14.1. The Morgan fingerprint density at radius 2 is 1.94 bits per heavy atom. The number of hydrogen-bond acceptors (Lipinski definition) is 3. The molecule has 6 heteroatoms. The van der Waals surface area contributed by atoms with Gasteiger partial charge < -0.3 is 5.73 Å². The van der Waals surface area contributed by atoms with E-state index in [1.54, 1.807) is 37.3 Å². The number of nitrogens with two attached hydrogens (primary N) is 1. The molecule has 1 aromatic rings. The van der Waals surface area contributed by atoms with Crippen molar-refractivity contribution in [3.05, 3.63) is 30.3 Å². The molecule has 17 heavy (non-hydrogen) atoms. The van der Waals surface area contributed by atoms with Crippen LogP contribution in [0, 0.1) is 0 Å². The van der Waals surface area contributed by atoms with E-state index in [2.05, 4.69) is 0 Å². The van der Waals surface area contributed by atoms with Gasteiger partial charge in [-0.1, -0.05) is 30.4 Å². The number of hydrogen-bond donors (Lipinski definition) is 1. The van der Waals surface area contributed by atoms with Gasteiger partial charge >= 0.3 is 0 Å². The summed E-state index contributed by atoms with van der Waals surface area (Å²) in [4.78, 5) is 0.588. The molecule has 1 rings (SSSR count). The molecular weight excluding hydrogens is 256 g/mol. The lowest BCUT2D eigenvalue weighted by molar-refractivity contribution is 0.397. The van der Waals surface area contributed by atoms with Gasteiger partial charge in [-0.25, -0.2) is 8.42 Å². The van der Waals surface area contributed by atoms with Crippen LogP contribution < -0.4 is 5.73 Å². The van der Waals surface area contributed by atoms with Crippen LogP contribution in [0.15, 0.2) is 35.2 Å². The Kier molecular flexibility index (Phi) is 4.62. The van der Waals surface area contributed by atoms with Gasteiger partial charge in [-0.3, -0.25) is 0 Å². The van der Waals surface area contributed by atoms with Crippen molar-refractivity contribution in [2.24, 2.45) is 5.73 Å². The molecule has 0 aliphatic carbocycles. The summed E-state index contributed by atoms with van der Waals surface area (Å²) in [5.74, 6) is 0. The first-order chi connectivity index (χ1) is 7.85. The van der Waals surface area contributed by atoms with Crippen LogP contribution in [0.1, 0.15) is 13.3 Å². The van der Waals surface area contributed by atoms with Crippen molar-refractivity contribution in [3.8, 4) is 0 Å². The van der Waals surface area contributed by atoms with Gasteiger partial charge in [-0.05, 0) is 19.1 Å². The van der Waals surface area contributed by atoms with E-state index in [1.807, 2.05) is 0 Å². The maximum atomic E-state index is 12.2. The standard InChI is InChI=1S/C11H16N2O2S2/c1-9(8-11(12)16)13(2)17(14,15)10-6-4-3-5-7-10/h3-7,9H,8H2,1-2H3,(H2,12,16). The Hall–Kier alpha value is -0.980. The average molecular weight is 272 g/mol. The largest absolute Gasteiger partial charge is 0.393 e. The summed E-state index contributed by atoms with van der Waals surface area (Å²) >= 11 is 4.79. The average Bonchev–Trinajstić information content (AvgIpc) is 2.28. The van der Waals surface area contributed by atoms with E-state index in [9.17, 15) is 8.42 Å². The highest BCUT2D eigenvalue weighted by atomic mass is 32.2. The second-order valence-electron chi connectivity index (χ2n) is 3.85. The SMILES string of the molecule is CC(CC(N)=S)N(C)S(=O)(=O)c1ccccc1. The van der Waals surface area contributed by atoms with Crippen LogP contribution in [0.2, 0.25) is 0 Å². The zero-order chi connectivity index (χ0) is 13.1. The van der Waals surface area contributed by atoms with E-state index in [4.69, 9.17) is 18.0 Å². The molecule has 0 radical (unpaired) electrons. The molecule has 0 saturated carbocycles. The minimum absolute atomic E-state index is 0.252. The predicted molar refractivity (Wildman–Crippen MR) is 72.3 cm³/mol. The van der Waals surface area contributed by atoms with Crippen LogP contribution in [0.25, 0.3) is 0 Å². The number of benzene rings is 1. The number of sulfonamides is 1. The van der Waals surface area contributed by atoms with Crippen molar-refractivity contribution in [3.63, 3.8) is 0 Å². The van der Waals surface area contributed by atoms with Gasteiger partial charge in [0.05, 0.1) is 9.88 Å². The fourth-order valence-electron chi connectivity index (χ4n) is 1.42. The summed E-state index contributed by atoms with van der Waals surface area (Å²) in [5.41, 5.74) is 5.42. The van der Waals surface area contributed by atoms with Crippen LogP contribution in [-0.2, 0) is 10.0 Å². The third kappa shape index (κ3) is 3.49. The number of nitrogens with zero attached hydrogens (tertiary/aromatic N) is 1. The van der Waals surface area contributed by atoms with Crippen molar-refractivity contribution in [1.82, 2.24) is 4.31 Å². The van der Waals surface area contributed by atoms with Crippen molar-refractivity contribution in [1.29, 1.82) is 0 Å². The molecule has 1 atom stereocenters. The zero-order valence-electron chi connectivity index (χ0n) is 9.83. The third-order valence-corrected chi connectivity index (χ3v) is 4.69. The van der Waals surface area contributed by atoms with Crippen molar-refractivity contribution >= 4 is 27.2 Å². The first-order valence-electron chi connectivity index (χ1n) is 5.17. The van der Waals surface area contributed by atoms with Gasteiger partial charge in [0.15, 0.2) is 0 Å². The summed E-state index contributed by atoms with van der Waals surface area (Å²) in [5, 5.41) is 0.